The average Bonchev–Trinajstić information content (AvgIpc) is 3.09. The van der Waals surface area contributed by atoms with Crippen LogP contribution in [0.3, 0.4) is 0 Å². The van der Waals surface area contributed by atoms with Gasteiger partial charge in [-0.1, -0.05) is 48.5 Å². The van der Waals surface area contributed by atoms with Crippen molar-refractivity contribution < 1.29 is 24.5 Å². The highest BCUT2D eigenvalue weighted by atomic mass is 16.6. The van der Waals surface area contributed by atoms with E-state index in [0.717, 1.165) is 27.2 Å². The van der Waals surface area contributed by atoms with Crippen LogP contribution in [0.2, 0.25) is 0 Å². The molecule has 0 saturated carbocycles. The van der Waals surface area contributed by atoms with E-state index in [0.29, 0.717) is 5.56 Å². The standard InChI is InChI=1S/C24H22N2O5/c1-26(22(23(28)29)11-15-10-16(27)13-25-12-15)24(30)31-14-21-19-8-4-2-6-17(19)18-7-3-5-9-20(18)21/h2-10,12-13,21-22,27H,11,14H2,1H3,(H,28,29)/t22-/m0/s1. The number of carboxylic acids is 1. The monoisotopic (exact) mass is 418 g/mol. The molecule has 2 N–H and O–H groups in total. The maximum Gasteiger partial charge on any atom is 0.410 e. The van der Waals surface area contributed by atoms with Crippen molar-refractivity contribution >= 4 is 12.1 Å². The lowest BCUT2D eigenvalue weighted by Crippen LogP contribution is -2.44. The van der Waals surface area contributed by atoms with Crippen LogP contribution in [-0.2, 0) is 16.0 Å². The van der Waals surface area contributed by atoms with E-state index >= 15 is 0 Å². The fourth-order valence-corrected chi connectivity index (χ4v) is 4.02. The second-order valence-electron chi connectivity index (χ2n) is 7.52. The SMILES string of the molecule is CN(C(=O)OCC1c2ccccc2-c2ccccc21)[C@@H](Cc1cncc(O)c1)C(=O)O. The summed E-state index contributed by atoms with van der Waals surface area (Å²) in [5, 5.41) is 19.2. The van der Waals surface area contributed by atoms with Gasteiger partial charge in [0.15, 0.2) is 0 Å². The van der Waals surface area contributed by atoms with E-state index in [2.05, 4.69) is 4.98 Å². The summed E-state index contributed by atoms with van der Waals surface area (Å²) in [6, 6.07) is 16.3. The second kappa shape index (κ2) is 8.47. The number of hydrogen-bond donors (Lipinski definition) is 2. The molecule has 0 fully saturated rings. The molecule has 0 unspecified atom stereocenters. The largest absolute Gasteiger partial charge is 0.506 e. The number of hydrogen-bond acceptors (Lipinski definition) is 5. The Morgan fingerprint density at radius 2 is 1.68 bits per heavy atom. The number of amides is 1. The van der Waals surface area contributed by atoms with E-state index in [9.17, 15) is 19.8 Å². The van der Waals surface area contributed by atoms with Crippen LogP contribution in [0.1, 0.15) is 22.6 Å². The Morgan fingerprint density at radius 1 is 1.06 bits per heavy atom. The van der Waals surface area contributed by atoms with E-state index in [1.54, 1.807) is 0 Å². The number of carbonyl (C=O) groups excluding carboxylic acids is 1. The summed E-state index contributed by atoms with van der Waals surface area (Å²) in [5.41, 5.74) is 4.91. The lowest BCUT2D eigenvalue weighted by Gasteiger charge is -2.25. The highest BCUT2D eigenvalue weighted by Gasteiger charge is 2.32. The fourth-order valence-electron chi connectivity index (χ4n) is 4.02. The van der Waals surface area contributed by atoms with Crippen molar-refractivity contribution in [3.63, 3.8) is 0 Å². The Kier molecular flexibility index (Phi) is 5.58. The van der Waals surface area contributed by atoms with Crippen LogP contribution in [0.4, 0.5) is 4.79 Å². The van der Waals surface area contributed by atoms with Crippen LogP contribution in [0.25, 0.3) is 11.1 Å². The number of rotatable bonds is 6. The summed E-state index contributed by atoms with van der Waals surface area (Å²) in [4.78, 5) is 29.4. The number of pyridine rings is 1. The molecule has 31 heavy (non-hydrogen) atoms. The van der Waals surface area contributed by atoms with Crippen LogP contribution < -0.4 is 0 Å². The zero-order valence-electron chi connectivity index (χ0n) is 16.9. The number of aromatic hydroxyl groups is 1. The van der Waals surface area contributed by atoms with Crippen LogP contribution in [-0.4, -0.2) is 51.9 Å². The number of fused-ring (bicyclic) bond motifs is 3. The topological polar surface area (TPSA) is 100.0 Å². The normalized spacial score (nSPS) is 13.2. The van der Waals surface area contributed by atoms with Gasteiger partial charge in [0, 0.05) is 25.6 Å². The summed E-state index contributed by atoms with van der Waals surface area (Å²) in [6.45, 7) is 0.108. The highest BCUT2D eigenvalue weighted by Crippen LogP contribution is 2.44. The zero-order chi connectivity index (χ0) is 22.0. The van der Waals surface area contributed by atoms with Crippen molar-refractivity contribution in [2.45, 2.75) is 18.4 Å². The third-order valence-corrected chi connectivity index (χ3v) is 5.59. The number of aromatic nitrogens is 1. The summed E-state index contributed by atoms with van der Waals surface area (Å²) < 4.78 is 5.55. The van der Waals surface area contributed by atoms with E-state index in [1.165, 1.54) is 25.5 Å². The molecule has 0 spiro atoms. The molecule has 7 nitrogen and oxygen atoms in total. The van der Waals surface area contributed by atoms with Crippen molar-refractivity contribution in [3.8, 4) is 16.9 Å². The van der Waals surface area contributed by atoms with Gasteiger partial charge in [-0.3, -0.25) is 9.88 Å². The summed E-state index contributed by atoms with van der Waals surface area (Å²) in [6.07, 6.45) is 2.00. The molecule has 158 valence electrons. The van der Waals surface area contributed by atoms with Crippen molar-refractivity contribution in [1.29, 1.82) is 0 Å². The molecule has 1 amide bonds. The van der Waals surface area contributed by atoms with Crippen LogP contribution in [0.15, 0.2) is 67.0 Å². The number of carboxylic acid groups (broad SMARTS) is 1. The highest BCUT2D eigenvalue weighted by molar-refractivity contribution is 5.81. The minimum Gasteiger partial charge on any atom is -0.506 e. The van der Waals surface area contributed by atoms with Gasteiger partial charge in [-0.25, -0.2) is 9.59 Å². The van der Waals surface area contributed by atoms with Gasteiger partial charge in [0.05, 0.1) is 6.20 Å². The van der Waals surface area contributed by atoms with Gasteiger partial charge in [0.1, 0.15) is 18.4 Å². The maximum atomic E-state index is 12.7. The predicted octanol–water partition coefficient (Wildman–Crippen LogP) is 3.66. The van der Waals surface area contributed by atoms with E-state index in [4.69, 9.17) is 4.74 Å². The van der Waals surface area contributed by atoms with Gasteiger partial charge >= 0.3 is 12.1 Å². The molecular weight excluding hydrogens is 396 g/mol. The molecule has 0 saturated heterocycles. The first kappa shape index (κ1) is 20.4. The molecule has 1 atom stereocenters. The Balaban J connectivity index is 1.48. The van der Waals surface area contributed by atoms with Gasteiger partial charge in [0.2, 0.25) is 0 Å². The average molecular weight is 418 g/mol. The van der Waals surface area contributed by atoms with E-state index in [-0.39, 0.29) is 24.7 Å². The predicted molar refractivity (Wildman–Crippen MR) is 114 cm³/mol. The third kappa shape index (κ3) is 4.07. The van der Waals surface area contributed by atoms with Crippen molar-refractivity contribution in [2.75, 3.05) is 13.7 Å². The van der Waals surface area contributed by atoms with Gasteiger partial charge in [-0.15, -0.1) is 0 Å². The van der Waals surface area contributed by atoms with Gasteiger partial charge in [0.25, 0.3) is 0 Å². The summed E-state index contributed by atoms with van der Waals surface area (Å²) >= 11 is 0. The fraction of sp³-hybridized carbons (Fsp3) is 0.208. The molecule has 0 aliphatic heterocycles. The first-order valence-electron chi connectivity index (χ1n) is 9.89. The number of aliphatic carboxylic acids is 1. The summed E-state index contributed by atoms with van der Waals surface area (Å²) in [7, 11) is 1.40. The zero-order valence-corrected chi connectivity index (χ0v) is 16.9. The number of ether oxygens (including phenoxy) is 1. The Morgan fingerprint density at radius 3 is 2.26 bits per heavy atom. The number of likely N-dealkylation sites (N-methyl/N-ethyl adjacent to an activating group) is 1. The molecule has 0 radical (unpaired) electrons. The number of benzene rings is 2. The van der Waals surface area contributed by atoms with Gasteiger partial charge in [-0.05, 0) is 33.9 Å². The molecule has 2 aromatic carbocycles. The van der Waals surface area contributed by atoms with Gasteiger partial charge < -0.3 is 14.9 Å². The molecule has 7 heteroatoms. The smallest absolute Gasteiger partial charge is 0.410 e. The van der Waals surface area contributed by atoms with Crippen LogP contribution in [0.5, 0.6) is 5.75 Å². The molecule has 1 aliphatic carbocycles. The lowest BCUT2D eigenvalue weighted by atomic mass is 9.98. The molecule has 1 heterocycles. The van der Waals surface area contributed by atoms with E-state index in [1.807, 2.05) is 48.5 Å². The van der Waals surface area contributed by atoms with Crippen molar-refractivity contribution in [2.24, 2.45) is 0 Å². The number of nitrogens with zero attached hydrogens (tertiary/aromatic N) is 2. The Labute approximate surface area is 179 Å². The van der Waals surface area contributed by atoms with Crippen molar-refractivity contribution in [1.82, 2.24) is 9.88 Å². The summed E-state index contributed by atoms with van der Waals surface area (Å²) in [5.74, 6) is -1.34. The quantitative estimate of drug-likeness (QED) is 0.634. The van der Waals surface area contributed by atoms with E-state index < -0.39 is 18.1 Å². The molecule has 4 rings (SSSR count). The first-order chi connectivity index (χ1) is 15.0. The first-order valence-corrected chi connectivity index (χ1v) is 9.89. The third-order valence-electron chi connectivity index (χ3n) is 5.59. The van der Waals surface area contributed by atoms with Crippen LogP contribution in [0, 0.1) is 0 Å². The molecular formula is C24H22N2O5. The number of carbonyl (C=O) groups is 2. The Hall–Kier alpha value is -3.87. The van der Waals surface area contributed by atoms with Crippen LogP contribution >= 0.6 is 0 Å². The molecule has 3 aromatic rings. The van der Waals surface area contributed by atoms with Gasteiger partial charge in [-0.2, -0.15) is 0 Å². The minimum absolute atomic E-state index is 0.00255. The molecule has 0 bridgehead atoms. The minimum atomic E-state index is -1.17. The molecule has 1 aliphatic rings. The maximum absolute atomic E-state index is 12.7. The molecule has 1 aromatic heterocycles. The second-order valence-corrected chi connectivity index (χ2v) is 7.52. The van der Waals surface area contributed by atoms with Crippen molar-refractivity contribution in [3.05, 3.63) is 83.7 Å². The lowest BCUT2D eigenvalue weighted by molar-refractivity contribution is -0.142. The Bertz CT molecular complexity index is 1080.